The number of carbonyl (C=O) groups is 1. The molecular weight excluding hydrogens is 180 g/mol. The summed E-state index contributed by atoms with van der Waals surface area (Å²) < 4.78 is 4.81. The molecule has 1 aromatic carbocycles. The smallest absolute Gasteiger partial charge is 0.306 e. The molecule has 1 fully saturated rings. The van der Waals surface area contributed by atoms with E-state index in [0.717, 1.165) is 5.56 Å². The molecule has 1 saturated heterocycles. The van der Waals surface area contributed by atoms with Gasteiger partial charge in [0.1, 0.15) is 0 Å². The van der Waals surface area contributed by atoms with E-state index in [9.17, 15) is 9.90 Å². The predicted octanol–water partition coefficient (Wildman–Crippen LogP) is 1.28. The maximum atomic E-state index is 10.9. The van der Waals surface area contributed by atoms with Crippen molar-refractivity contribution in [1.29, 1.82) is 0 Å². The molecule has 2 rings (SSSR count). The van der Waals surface area contributed by atoms with Crippen molar-refractivity contribution >= 4 is 5.97 Å². The summed E-state index contributed by atoms with van der Waals surface area (Å²) in [7, 11) is 0. The van der Waals surface area contributed by atoms with Crippen LogP contribution in [0.15, 0.2) is 30.3 Å². The van der Waals surface area contributed by atoms with Crippen LogP contribution < -0.4 is 0 Å². The first-order valence-electron chi connectivity index (χ1n) is 4.66. The maximum Gasteiger partial charge on any atom is 0.306 e. The Balaban J connectivity index is 2.09. The van der Waals surface area contributed by atoms with Gasteiger partial charge in [0.05, 0.1) is 19.1 Å². The average Bonchev–Trinajstić information content (AvgIpc) is 2.65. The lowest BCUT2D eigenvalue weighted by Crippen LogP contribution is -2.12. The van der Waals surface area contributed by atoms with Crippen molar-refractivity contribution in [2.24, 2.45) is 5.92 Å². The Hall–Kier alpha value is -1.35. The van der Waals surface area contributed by atoms with Crippen molar-refractivity contribution in [2.75, 3.05) is 6.61 Å². The number of aliphatic hydroxyl groups excluding tert-OH is 1. The zero-order valence-electron chi connectivity index (χ0n) is 7.72. The van der Waals surface area contributed by atoms with E-state index in [2.05, 4.69) is 0 Å². The lowest BCUT2D eigenvalue weighted by atomic mass is 9.95. The van der Waals surface area contributed by atoms with E-state index in [4.69, 9.17) is 4.74 Å². The minimum Gasteiger partial charge on any atom is -0.465 e. The molecule has 0 aromatic heterocycles. The van der Waals surface area contributed by atoms with Crippen LogP contribution in [0, 0.1) is 5.92 Å². The molecule has 1 N–H and O–H groups in total. The van der Waals surface area contributed by atoms with E-state index in [1.54, 1.807) is 0 Å². The highest BCUT2D eigenvalue weighted by Gasteiger charge is 2.30. The lowest BCUT2D eigenvalue weighted by Gasteiger charge is -2.15. The van der Waals surface area contributed by atoms with Gasteiger partial charge in [-0.3, -0.25) is 4.79 Å². The highest BCUT2D eigenvalue weighted by atomic mass is 16.5. The molecular formula is C11H12O3. The minimum atomic E-state index is -0.595. The van der Waals surface area contributed by atoms with E-state index in [0.29, 0.717) is 13.0 Å². The van der Waals surface area contributed by atoms with E-state index in [1.165, 1.54) is 0 Å². The minimum absolute atomic E-state index is 0.0927. The van der Waals surface area contributed by atoms with Crippen LogP contribution in [-0.2, 0) is 9.53 Å². The van der Waals surface area contributed by atoms with Crippen LogP contribution in [0.1, 0.15) is 18.1 Å². The van der Waals surface area contributed by atoms with Crippen LogP contribution >= 0.6 is 0 Å². The molecule has 14 heavy (non-hydrogen) atoms. The Morgan fingerprint density at radius 3 is 2.64 bits per heavy atom. The lowest BCUT2D eigenvalue weighted by molar-refractivity contribution is -0.137. The van der Waals surface area contributed by atoms with Gasteiger partial charge in [0.15, 0.2) is 0 Å². The second-order valence-electron chi connectivity index (χ2n) is 3.50. The molecule has 3 nitrogen and oxygen atoms in total. The van der Waals surface area contributed by atoms with Crippen LogP contribution in [0.25, 0.3) is 0 Å². The molecule has 0 unspecified atom stereocenters. The quantitative estimate of drug-likeness (QED) is 0.718. The Labute approximate surface area is 82.3 Å². The predicted molar refractivity (Wildman–Crippen MR) is 50.5 cm³/mol. The molecule has 0 bridgehead atoms. The number of esters is 1. The standard InChI is InChI=1S/C11H12O3/c12-10-6-9(7-14-10)11(13)8-4-2-1-3-5-8/h1-5,9,11,13H,6-7H2/t9-,11-/m1/s1. The first kappa shape index (κ1) is 9.21. The number of ether oxygens (including phenoxy) is 1. The first-order chi connectivity index (χ1) is 6.77. The van der Waals surface area contributed by atoms with Gasteiger partial charge in [-0.15, -0.1) is 0 Å². The number of aliphatic hydroxyl groups is 1. The SMILES string of the molecule is O=C1C[C@@H]([C@H](O)c2ccccc2)CO1. The summed E-state index contributed by atoms with van der Waals surface area (Å²) in [6, 6.07) is 9.35. The van der Waals surface area contributed by atoms with Gasteiger partial charge in [-0.1, -0.05) is 30.3 Å². The van der Waals surface area contributed by atoms with E-state index >= 15 is 0 Å². The number of benzene rings is 1. The summed E-state index contributed by atoms with van der Waals surface area (Å²) in [4.78, 5) is 10.9. The van der Waals surface area contributed by atoms with Crippen molar-refractivity contribution in [3.63, 3.8) is 0 Å². The molecule has 1 aliphatic rings. The number of hydrogen-bond acceptors (Lipinski definition) is 3. The third-order valence-electron chi connectivity index (χ3n) is 2.47. The van der Waals surface area contributed by atoms with E-state index < -0.39 is 6.10 Å². The molecule has 3 heteroatoms. The molecule has 0 radical (unpaired) electrons. The summed E-state index contributed by atoms with van der Waals surface area (Å²) in [5.74, 6) is -0.310. The van der Waals surface area contributed by atoms with Crippen LogP contribution in [0.4, 0.5) is 0 Å². The second-order valence-corrected chi connectivity index (χ2v) is 3.50. The molecule has 0 saturated carbocycles. The molecule has 2 atom stereocenters. The summed E-state index contributed by atoms with van der Waals surface area (Å²) >= 11 is 0. The van der Waals surface area contributed by atoms with E-state index in [1.807, 2.05) is 30.3 Å². The van der Waals surface area contributed by atoms with Gasteiger partial charge in [-0.05, 0) is 5.56 Å². The van der Waals surface area contributed by atoms with Gasteiger partial charge in [0, 0.05) is 5.92 Å². The van der Waals surface area contributed by atoms with Gasteiger partial charge in [-0.2, -0.15) is 0 Å². The fourth-order valence-electron chi connectivity index (χ4n) is 1.66. The summed E-state index contributed by atoms with van der Waals surface area (Å²) in [5, 5.41) is 9.91. The monoisotopic (exact) mass is 192 g/mol. The topological polar surface area (TPSA) is 46.5 Å². The van der Waals surface area contributed by atoms with Gasteiger partial charge < -0.3 is 9.84 Å². The highest BCUT2D eigenvalue weighted by molar-refractivity contribution is 5.71. The zero-order valence-corrected chi connectivity index (χ0v) is 7.72. The summed E-state index contributed by atoms with van der Waals surface area (Å²) in [6.07, 6.45) is -0.279. The largest absolute Gasteiger partial charge is 0.465 e. The summed E-state index contributed by atoms with van der Waals surface area (Å²) in [6.45, 7) is 0.328. The molecule has 0 spiro atoms. The second kappa shape index (κ2) is 3.80. The Bertz CT molecular complexity index is 321. The molecule has 1 aromatic rings. The van der Waals surface area contributed by atoms with Crippen LogP contribution in [-0.4, -0.2) is 17.7 Å². The number of cyclic esters (lactones) is 1. The zero-order chi connectivity index (χ0) is 9.97. The van der Waals surface area contributed by atoms with E-state index in [-0.39, 0.29) is 11.9 Å². The molecule has 1 heterocycles. The third kappa shape index (κ3) is 1.77. The van der Waals surface area contributed by atoms with Crippen LogP contribution in [0.5, 0.6) is 0 Å². The maximum absolute atomic E-state index is 10.9. The van der Waals surface area contributed by atoms with Crippen molar-refractivity contribution < 1.29 is 14.6 Å². The Morgan fingerprint density at radius 1 is 1.36 bits per heavy atom. The van der Waals surface area contributed by atoms with Gasteiger partial charge in [0.25, 0.3) is 0 Å². The van der Waals surface area contributed by atoms with Gasteiger partial charge in [-0.25, -0.2) is 0 Å². The molecule has 1 aliphatic heterocycles. The molecule has 74 valence electrons. The van der Waals surface area contributed by atoms with Crippen molar-refractivity contribution in [2.45, 2.75) is 12.5 Å². The van der Waals surface area contributed by atoms with Crippen LogP contribution in [0.3, 0.4) is 0 Å². The Kier molecular flexibility index (Phi) is 2.50. The Morgan fingerprint density at radius 2 is 2.07 bits per heavy atom. The van der Waals surface area contributed by atoms with Crippen molar-refractivity contribution in [3.05, 3.63) is 35.9 Å². The van der Waals surface area contributed by atoms with Gasteiger partial charge in [0.2, 0.25) is 0 Å². The third-order valence-corrected chi connectivity index (χ3v) is 2.47. The average molecular weight is 192 g/mol. The van der Waals surface area contributed by atoms with Crippen molar-refractivity contribution in [1.82, 2.24) is 0 Å². The number of rotatable bonds is 2. The fourth-order valence-corrected chi connectivity index (χ4v) is 1.66. The highest BCUT2D eigenvalue weighted by Crippen LogP contribution is 2.28. The first-order valence-corrected chi connectivity index (χ1v) is 4.66. The van der Waals surface area contributed by atoms with Crippen LogP contribution in [0.2, 0.25) is 0 Å². The summed E-state index contributed by atoms with van der Waals surface area (Å²) in [5.41, 5.74) is 0.843. The fraction of sp³-hybridized carbons (Fsp3) is 0.364. The molecule has 0 aliphatic carbocycles. The number of hydrogen-bond donors (Lipinski definition) is 1. The van der Waals surface area contributed by atoms with Crippen molar-refractivity contribution in [3.8, 4) is 0 Å². The van der Waals surface area contributed by atoms with Gasteiger partial charge >= 0.3 is 5.97 Å². The molecule has 0 amide bonds. The normalized spacial score (nSPS) is 23.2. The number of carbonyl (C=O) groups excluding carboxylic acids is 1.